The quantitative estimate of drug-likeness (QED) is 0.164. The standard InChI is InChI=1S/C57H50N2O/c1-6-56(2,3)42-33-49-39-25-23-37(24-26-39)36-57(4,5)60-55(49)50(34-42)40-29-27-38(28-30-40)41-31-43(58-51-19-11-7-15-45(51)46-16-8-12-20-52(46)58)35-44(32-41)59-53-21-13-9-17-47(53)48-18-10-14-22-54(48)59/h7-23,25-35,37H,6,24,36H2,1-5H3. The highest BCUT2D eigenvalue weighted by Gasteiger charge is 2.32. The Kier molecular flexibility index (Phi) is 8.36. The van der Waals surface area contributed by atoms with Crippen molar-refractivity contribution in [3.8, 4) is 39.4 Å². The van der Waals surface area contributed by atoms with Crippen molar-refractivity contribution in [2.45, 2.75) is 64.9 Å². The lowest BCUT2D eigenvalue weighted by atomic mass is 9.78. The summed E-state index contributed by atoms with van der Waals surface area (Å²) in [5, 5.41) is 5.02. The van der Waals surface area contributed by atoms with Gasteiger partial charge in [-0.1, -0.05) is 136 Å². The summed E-state index contributed by atoms with van der Waals surface area (Å²) in [5.74, 6) is 1.47. The number of fused-ring (bicyclic) bond motifs is 9. The van der Waals surface area contributed by atoms with E-state index in [0.717, 1.165) is 47.5 Å². The van der Waals surface area contributed by atoms with E-state index in [4.69, 9.17) is 4.74 Å². The lowest BCUT2D eigenvalue weighted by Crippen LogP contribution is -2.31. The molecule has 9 aromatic rings. The molecule has 7 aromatic carbocycles. The molecule has 1 aliphatic carbocycles. The van der Waals surface area contributed by atoms with Crippen LogP contribution in [-0.2, 0) is 5.41 Å². The van der Waals surface area contributed by atoms with Gasteiger partial charge in [0.25, 0.3) is 0 Å². The summed E-state index contributed by atoms with van der Waals surface area (Å²) in [5.41, 5.74) is 15.2. The second kappa shape index (κ2) is 13.7. The highest BCUT2D eigenvalue weighted by Crippen LogP contribution is 2.47. The number of aromatic nitrogens is 2. The third kappa shape index (κ3) is 5.93. The lowest BCUT2D eigenvalue weighted by molar-refractivity contribution is 0.0880. The van der Waals surface area contributed by atoms with Gasteiger partial charge in [-0.25, -0.2) is 0 Å². The summed E-state index contributed by atoms with van der Waals surface area (Å²) < 4.78 is 12.0. The van der Waals surface area contributed by atoms with Crippen molar-refractivity contribution in [1.82, 2.24) is 9.13 Å². The van der Waals surface area contributed by atoms with Gasteiger partial charge in [0.2, 0.25) is 0 Å². The molecule has 3 heteroatoms. The van der Waals surface area contributed by atoms with Crippen molar-refractivity contribution in [2.75, 3.05) is 0 Å². The Labute approximate surface area is 352 Å². The summed E-state index contributed by atoms with van der Waals surface area (Å²) in [6, 6.07) is 56.3. The fourth-order valence-electron chi connectivity index (χ4n) is 9.99. The van der Waals surface area contributed by atoms with E-state index in [0.29, 0.717) is 5.92 Å². The van der Waals surface area contributed by atoms with Crippen LogP contribution in [0.1, 0.15) is 65.0 Å². The van der Waals surface area contributed by atoms with Crippen molar-refractivity contribution in [1.29, 1.82) is 0 Å². The highest BCUT2D eigenvalue weighted by molar-refractivity contribution is 6.10. The molecule has 0 N–H and O–H groups in total. The third-order valence-electron chi connectivity index (χ3n) is 13.5. The zero-order valence-corrected chi connectivity index (χ0v) is 35.2. The molecule has 4 heterocycles. The van der Waals surface area contributed by atoms with Gasteiger partial charge in [0.15, 0.2) is 0 Å². The molecule has 3 nitrogen and oxygen atoms in total. The van der Waals surface area contributed by atoms with Crippen LogP contribution < -0.4 is 4.74 Å². The normalized spacial score (nSPS) is 16.1. The number of nitrogens with zero attached hydrogens (tertiary/aromatic N) is 2. The summed E-state index contributed by atoms with van der Waals surface area (Å²) in [4.78, 5) is 0. The van der Waals surface area contributed by atoms with E-state index in [-0.39, 0.29) is 11.0 Å². The number of allylic oxidation sites excluding steroid dienone is 4. The number of benzene rings is 7. The van der Waals surface area contributed by atoms with Crippen LogP contribution in [0, 0.1) is 5.92 Å². The fourth-order valence-corrected chi connectivity index (χ4v) is 9.99. The lowest BCUT2D eigenvalue weighted by Gasteiger charge is -2.32. The molecule has 3 aliphatic rings. The predicted octanol–water partition coefficient (Wildman–Crippen LogP) is 15.4. The first kappa shape index (κ1) is 36.5. The molecule has 0 saturated carbocycles. The van der Waals surface area contributed by atoms with Gasteiger partial charge < -0.3 is 13.9 Å². The zero-order chi connectivity index (χ0) is 40.8. The molecule has 2 bridgehead atoms. The summed E-state index contributed by atoms with van der Waals surface area (Å²) in [6.07, 6.45) is 10.2. The van der Waals surface area contributed by atoms with E-state index in [2.05, 4.69) is 214 Å². The first-order chi connectivity index (χ1) is 29.2. The van der Waals surface area contributed by atoms with Crippen LogP contribution in [0.5, 0.6) is 5.75 Å². The van der Waals surface area contributed by atoms with E-state index in [9.17, 15) is 0 Å². The van der Waals surface area contributed by atoms with Crippen LogP contribution in [-0.4, -0.2) is 14.7 Å². The SMILES string of the molecule is CCC(C)(C)c1cc2c(c(-c3ccc(-c4cc(-n5c6ccccc6c6ccccc65)cc(-n5c6ccccc6c6ccccc65)c4)cc3)c1)OC(C)(C)CC1C=CC2=CC1. The van der Waals surface area contributed by atoms with Crippen LogP contribution >= 0.6 is 0 Å². The Morgan fingerprint density at radius 3 is 1.55 bits per heavy atom. The van der Waals surface area contributed by atoms with E-state index >= 15 is 0 Å². The Morgan fingerprint density at radius 1 is 0.583 bits per heavy atom. The first-order valence-electron chi connectivity index (χ1n) is 21.7. The third-order valence-corrected chi connectivity index (χ3v) is 13.5. The largest absolute Gasteiger partial charge is 0.487 e. The van der Waals surface area contributed by atoms with Crippen LogP contribution in [0.15, 0.2) is 170 Å². The second-order valence-corrected chi connectivity index (χ2v) is 18.3. The van der Waals surface area contributed by atoms with Crippen LogP contribution in [0.4, 0.5) is 0 Å². The molecule has 0 amide bonds. The van der Waals surface area contributed by atoms with Gasteiger partial charge in [0.05, 0.1) is 22.1 Å². The monoisotopic (exact) mass is 778 g/mol. The molecule has 0 saturated heterocycles. The number of rotatable bonds is 6. The van der Waals surface area contributed by atoms with Crippen molar-refractivity contribution >= 4 is 49.2 Å². The van der Waals surface area contributed by atoms with Gasteiger partial charge in [-0.05, 0) is 127 Å². The molecule has 2 aromatic heterocycles. The molecule has 12 rings (SSSR count). The minimum atomic E-state index is -0.315. The molecule has 0 fully saturated rings. The second-order valence-electron chi connectivity index (χ2n) is 18.3. The number of hydrogen-bond acceptors (Lipinski definition) is 1. The Balaban J connectivity index is 1.13. The Hall–Kier alpha value is -6.58. The molecule has 0 radical (unpaired) electrons. The van der Waals surface area contributed by atoms with Crippen molar-refractivity contribution < 1.29 is 4.74 Å². The number of hydrogen-bond donors (Lipinski definition) is 0. The maximum absolute atomic E-state index is 7.16. The molecule has 2 aliphatic heterocycles. The van der Waals surface area contributed by atoms with E-state index in [1.807, 2.05) is 0 Å². The predicted molar refractivity (Wildman–Crippen MR) is 254 cm³/mol. The van der Waals surface area contributed by atoms with Crippen LogP contribution in [0.25, 0.3) is 82.8 Å². The first-order valence-corrected chi connectivity index (χ1v) is 21.7. The zero-order valence-electron chi connectivity index (χ0n) is 35.2. The van der Waals surface area contributed by atoms with Crippen LogP contribution in [0.2, 0.25) is 0 Å². The summed E-state index contributed by atoms with van der Waals surface area (Å²) in [6.45, 7) is 11.5. The minimum Gasteiger partial charge on any atom is -0.487 e. The molecule has 1 unspecified atom stereocenters. The molecule has 0 spiro atoms. The molecule has 60 heavy (non-hydrogen) atoms. The number of para-hydroxylation sites is 4. The van der Waals surface area contributed by atoms with Crippen LogP contribution in [0.3, 0.4) is 0 Å². The molecular formula is C57H50N2O. The van der Waals surface area contributed by atoms with Crippen molar-refractivity contribution in [3.63, 3.8) is 0 Å². The molecule has 294 valence electrons. The van der Waals surface area contributed by atoms with E-state index in [1.165, 1.54) is 71.4 Å². The smallest absolute Gasteiger partial charge is 0.135 e. The average molecular weight is 779 g/mol. The number of ether oxygens (including phenoxy) is 1. The Morgan fingerprint density at radius 2 is 1.07 bits per heavy atom. The summed E-state index contributed by atoms with van der Waals surface area (Å²) in [7, 11) is 0. The van der Waals surface area contributed by atoms with E-state index in [1.54, 1.807) is 0 Å². The molecular weight excluding hydrogens is 729 g/mol. The van der Waals surface area contributed by atoms with Gasteiger partial charge in [-0.3, -0.25) is 0 Å². The van der Waals surface area contributed by atoms with Gasteiger partial charge in [0.1, 0.15) is 11.4 Å². The minimum absolute atomic E-state index is 0.00953. The fraction of sp³-hybridized carbons (Fsp3) is 0.193. The maximum Gasteiger partial charge on any atom is 0.135 e. The van der Waals surface area contributed by atoms with Gasteiger partial charge in [-0.2, -0.15) is 0 Å². The maximum atomic E-state index is 7.16. The highest BCUT2D eigenvalue weighted by atomic mass is 16.5. The van der Waals surface area contributed by atoms with Gasteiger partial charge in [-0.15, -0.1) is 0 Å². The van der Waals surface area contributed by atoms with Gasteiger partial charge in [0, 0.05) is 44.0 Å². The van der Waals surface area contributed by atoms with Crippen molar-refractivity contribution in [2.24, 2.45) is 5.92 Å². The van der Waals surface area contributed by atoms with Gasteiger partial charge >= 0.3 is 0 Å². The summed E-state index contributed by atoms with van der Waals surface area (Å²) >= 11 is 0. The average Bonchev–Trinajstić information content (AvgIpc) is 3.82. The van der Waals surface area contributed by atoms with E-state index < -0.39 is 0 Å². The Bertz CT molecular complexity index is 2980. The van der Waals surface area contributed by atoms with Crippen molar-refractivity contribution in [3.05, 3.63) is 181 Å². The topological polar surface area (TPSA) is 19.1 Å². The molecule has 1 atom stereocenters.